The highest BCUT2D eigenvalue weighted by atomic mass is 32.1. The Hall–Kier alpha value is -18.5. The Kier molecular flexibility index (Phi) is 22.1. The summed E-state index contributed by atoms with van der Waals surface area (Å²) in [6.07, 6.45) is 0. The van der Waals surface area contributed by atoms with Gasteiger partial charge in [0.15, 0.2) is 0 Å². The molecule has 6 aromatic heterocycles. The largest absolute Gasteiger partial charge is 0.311 e. The molecule has 0 saturated heterocycles. The number of hydrogen-bond acceptors (Lipinski definition) is 6. The van der Waals surface area contributed by atoms with Crippen molar-refractivity contribution in [1.29, 1.82) is 0 Å². The van der Waals surface area contributed by atoms with E-state index in [1.807, 2.05) is 34.0 Å². The highest BCUT2D eigenvalue weighted by molar-refractivity contribution is 7.27. The van der Waals surface area contributed by atoms with Gasteiger partial charge in [-0.05, 0) is 273 Å². The van der Waals surface area contributed by atoms with Crippen LogP contribution in [-0.2, 0) is 5.41 Å². The van der Waals surface area contributed by atoms with E-state index in [4.69, 9.17) is 0 Å². The van der Waals surface area contributed by atoms with Crippen molar-refractivity contribution in [3.63, 3.8) is 0 Å². The second-order valence-corrected chi connectivity index (χ2v) is 42.5. The maximum absolute atomic E-state index is 2.44. The van der Waals surface area contributed by atoms with E-state index in [2.05, 4.69) is 588 Å². The summed E-state index contributed by atoms with van der Waals surface area (Å²) in [4.78, 5) is 7.06. The lowest BCUT2D eigenvalue weighted by molar-refractivity contribution is 0.660. The summed E-state index contributed by atoms with van der Waals surface area (Å²) in [5.74, 6) is 0. The van der Waals surface area contributed by atoms with Gasteiger partial charge in [-0.15, -0.1) is 34.0 Å². The van der Waals surface area contributed by atoms with Crippen LogP contribution in [0.5, 0.6) is 0 Å². The molecule has 0 saturated carbocycles. The Labute approximate surface area is 881 Å². The lowest BCUT2D eigenvalue weighted by atomic mass is 9.82. The predicted molar refractivity (Wildman–Crippen MR) is 644 cm³/mol. The number of aromatic nitrogens is 3. The van der Waals surface area contributed by atoms with E-state index in [0.29, 0.717) is 0 Å². The van der Waals surface area contributed by atoms with Gasteiger partial charge < -0.3 is 28.4 Å². The summed E-state index contributed by atoms with van der Waals surface area (Å²) in [6, 6.07) is 198. The molecule has 150 heavy (non-hydrogen) atoms. The lowest BCUT2D eigenvalue weighted by Gasteiger charge is -2.28. The Morgan fingerprint density at radius 1 is 0.167 bits per heavy atom. The number of anilines is 9. The fourth-order valence-corrected chi connectivity index (χ4v) is 27.1. The first-order valence-electron chi connectivity index (χ1n) is 51.3. The van der Waals surface area contributed by atoms with Gasteiger partial charge in [-0.3, -0.25) is 0 Å². The SMILES string of the molecule is CC1(C)c2ccccc2-c2ccc(N(c3ccc(-c4ccccc4)cc3)c3ccc(-n4c5ccccc5c5c6sc7ccccc7c6ccc54)cc3)cc21.c1ccc(-c2ccc(-n3c4ccc(N(c5ccccc5)c5ccccc5)cc4c4c5sc6ccccc6c5ccc43)cc2)cc1.c1ccc(N(c2ccccc2)c2ccc(-c3ccc4c(c3)c3ccccc3n4-c3ccc(-c4cccc5c4sc4ccccc45)cc3)cc2)cc1. The second-order valence-electron chi connectivity index (χ2n) is 39.3. The van der Waals surface area contributed by atoms with Gasteiger partial charge in [0.1, 0.15) is 0 Å². The van der Waals surface area contributed by atoms with Crippen LogP contribution in [-0.4, -0.2) is 13.7 Å². The standard InChI is InChI=1S/C51H36N2S.C48H32N2S.C42H28N2S/c1-51(2)44-17-9-6-14-39(44)40-29-28-38(32-45(40)51)52(35-22-20-34(21-23-35)33-12-4-3-5-13-33)36-24-26-37(27-25-36)53-46-18-10-7-16-43(46)49-47(53)31-30-42-41-15-8-11-19-48(41)54-50(42)49;1-3-12-36(13-4-1)49(37-14-5-2-6-15-37)38-27-22-33(23-28-38)35-26-31-46-44(32-35)41-16-7-9-20-45(41)50(46)39-29-24-34(25-30-39)40-18-11-19-43-42-17-8-10-21-47(42)51-48(40)43;1-4-12-29(13-5-1)30-20-22-33(23-21-30)44-38-26-24-34(43(31-14-6-2-7-15-31)32-16-8-3-9-17-32)28-37(38)41-39(44)27-25-36-35-18-10-11-19-40(35)45-42(36)41/h3-32H,1-2H3;1-32H;1-28H. The molecular formula is C141H96N6S3. The maximum atomic E-state index is 2.44. The minimum Gasteiger partial charge on any atom is -0.311 e. The highest BCUT2D eigenvalue weighted by Gasteiger charge is 2.36. The second kappa shape index (κ2) is 37.2. The van der Waals surface area contributed by atoms with E-state index in [1.54, 1.807) is 0 Å². The summed E-state index contributed by atoms with van der Waals surface area (Å²) in [5.41, 5.74) is 36.1. The van der Waals surface area contributed by atoms with Crippen LogP contribution in [0.15, 0.2) is 546 Å². The van der Waals surface area contributed by atoms with E-state index in [9.17, 15) is 0 Å². The van der Waals surface area contributed by atoms with Gasteiger partial charge in [-0.25, -0.2) is 0 Å². The van der Waals surface area contributed by atoms with Gasteiger partial charge in [-0.2, -0.15) is 0 Å². The molecule has 0 N–H and O–H groups in total. The monoisotopic (exact) mass is 1970 g/mol. The zero-order chi connectivity index (χ0) is 99.4. The normalized spacial score (nSPS) is 12.1. The van der Waals surface area contributed by atoms with Crippen LogP contribution < -0.4 is 14.7 Å². The fraction of sp³-hybridized carbons (Fsp3) is 0.0213. The number of fused-ring (bicyclic) bond motifs is 23. The number of hydrogen-bond donors (Lipinski definition) is 0. The quantitative estimate of drug-likeness (QED) is 0.0964. The van der Waals surface area contributed by atoms with Gasteiger partial charge in [0.05, 0.1) is 33.1 Å². The summed E-state index contributed by atoms with van der Waals surface area (Å²) >= 11 is 5.67. The zero-order valence-corrected chi connectivity index (χ0v) is 84.8. The van der Waals surface area contributed by atoms with Crippen LogP contribution in [0.1, 0.15) is 25.0 Å². The van der Waals surface area contributed by atoms with Gasteiger partial charge in [-0.1, -0.05) is 354 Å². The van der Waals surface area contributed by atoms with E-state index < -0.39 is 0 Å². The van der Waals surface area contributed by atoms with Crippen molar-refractivity contribution < 1.29 is 0 Å². The van der Waals surface area contributed by atoms with Gasteiger partial charge in [0, 0.05) is 166 Å². The van der Waals surface area contributed by atoms with Crippen LogP contribution in [0.2, 0.25) is 0 Å². The van der Waals surface area contributed by atoms with Crippen LogP contribution in [0.25, 0.3) is 199 Å². The van der Waals surface area contributed by atoms with Crippen LogP contribution >= 0.6 is 34.0 Å². The molecule has 1 aliphatic carbocycles. The third-order valence-electron chi connectivity index (χ3n) is 30.4. The van der Waals surface area contributed by atoms with Crippen molar-refractivity contribution in [3.8, 4) is 72.7 Å². The average molecular weight is 1970 g/mol. The molecule has 0 radical (unpaired) electrons. The molecule has 0 bridgehead atoms. The molecule has 0 atom stereocenters. The van der Waals surface area contributed by atoms with E-state index >= 15 is 0 Å². The Morgan fingerprint density at radius 3 is 0.980 bits per heavy atom. The van der Waals surface area contributed by atoms with Crippen molar-refractivity contribution >= 4 is 211 Å². The van der Waals surface area contributed by atoms with E-state index in [1.165, 1.54) is 193 Å². The fourth-order valence-electron chi connectivity index (χ4n) is 23.3. The molecule has 6 heterocycles. The first-order chi connectivity index (χ1) is 74.2. The molecule has 0 spiro atoms. The van der Waals surface area contributed by atoms with Crippen molar-refractivity contribution in [2.24, 2.45) is 0 Å². The number of para-hydroxylation sites is 6. The summed E-state index contributed by atoms with van der Waals surface area (Å²) in [6.45, 7) is 4.71. The summed E-state index contributed by atoms with van der Waals surface area (Å²) in [5, 5.41) is 15.6. The molecular weight excluding hydrogens is 1870 g/mol. The van der Waals surface area contributed by atoms with Gasteiger partial charge in [0.2, 0.25) is 0 Å². The topological polar surface area (TPSA) is 24.5 Å². The number of thiophene rings is 3. The molecule has 6 nitrogen and oxygen atoms in total. The molecule has 1 aliphatic rings. The van der Waals surface area contributed by atoms with Crippen molar-refractivity contribution in [1.82, 2.24) is 13.7 Å². The number of rotatable bonds is 16. The number of nitrogens with zero attached hydrogens (tertiary/aromatic N) is 6. The first-order valence-corrected chi connectivity index (χ1v) is 53.8. The van der Waals surface area contributed by atoms with Gasteiger partial charge in [0.25, 0.3) is 0 Å². The Balaban J connectivity index is 0.000000108. The molecule has 708 valence electrons. The van der Waals surface area contributed by atoms with Gasteiger partial charge >= 0.3 is 0 Å². The minimum atomic E-state index is -0.0923. The van der Waals surface area contributed by atoms with Crippen molar-refractivity contribution in [2.45, 2.75) is 19.3 Å². The Morgan fingerprint density at radius 2 is 0.467 bits per heavy atom. The van der Waals surface area contributed by atoms with E-state index in [-0.39, 0.29) is 5.41 Å². The lowest BCUT2D eigenvalue weighted by Crippen LogP contribution is -2.16. The van der Waals surface area contributed by atoms with Crippen LogP contribution in [0.3, 0.4) is 0 Å². The average Bonchev–Trinajstić information content (AvgIpc) is 1.56. The van der Waals surface area contributed by atoms with Crippen molar-refractivity contribution in [2.75, 3.05) is 14.7 Å². The van der Waals surface area contributed by atoms with E-state index in [0.717, 1.165) is 68.2 Å². The zero-order valence-electron chi connectivity index (χ0n) is 82.4. The van der Waals surface area contributed by atoms with Crippen molar-refractivity contribution in [3.05, 3.63) is 557 Å². The van der Waals surface area contributed by atoms with Crippen LogP contribution in [0, 0.1) is 0 Å². The molecule has 30 rings (SSSR count). The first kappa shape index (κ1) is 89.2. The van der Waals surface area contributed by atoms with Crippen LogP contribution in [0.4, 0.5) is 51.2 Å². The minimum absolute atomic E-state index is 0.0923. The maximum Gasteiger partial charge on any atom is 0.0555 e. The molecule has 23 aromatic carbocycles. The predicted octanol–water partition coefficient (Wildman–Crippen LogP) is 40.8. The molecule has 0 unspecified atom stereocenters. The molecule has 0 amide bonds. The summed E-state index contributed by atoms with van der Waals surface area (Å²) < 4.78 is 15.3. The molecule has 0 aliphatic heterocycles. The molecule has 0 fully saturated rings. The third kappa shape index (κ3) is 15.4. The smallest absolute Gasteiger partial charge is 0.0555 e. The third-order valence-corrected chi connectivity index (χ3v) is 34.0. The molecule has 9 heteroatoms. The number of benzene rings is 23. The molecule has 29 aromatic rings. The summed E-state index contributed by atoms with van der Waals surface area (Å²) in [7, 11) is 0. The highest BCUT2D eigenvalue weighted by Crippen LogP contribution is 2.54. The Bertz CT molecular complexity index is 10100.